The number of halogens is 2. The molecule has 86 valence electrons. The first kappa shape index (κ1) is 12.5. The van der Waals surface area contributed by atoms with Crippen LogP contribution < -0.4 is 0 Å². The summed E-state index contributed by atoms with van der Waals surface area (Å²) in [5.74, 6) is -2.82. The van der Waals surface area contributed by atoms with Gasteiger partial charge in [-0.15, -0.1) is 0 Å². The zero-order chi connectivity index (χ0) is 12.3. The third-order valence-electron chi connectivity index (χ3n) is 2.24. The van der Waals surface area contributed by atoms with Crippen LogP contribution in [0.3, 0.4) is 0 Å². The molecule has 0 aliphatic heterocycles. The van der Waals surface area contributed by atoms with Crippen molar-refractivity contribution in [3.63, 3.8) is 0 Å². The van der Waals surface area contributed by atoms with E-state index >= 15 is 0 Å². The molecular formula is C12H12F2O2. The minimum Gasteiger partial charge on any atom is -0.300 e. The monoisotopic (exact) mass is 226 g/mol. The van der Waals surface area contributed by atoms with E-state index in [9.17, 15) is 18.4 Å². The summed E-state index contributed by atoms with van der Waals surface area (Å²) in [5.41, 5.74) is -0.171. The number of hydrogen-bond acceptors (Lipinski definition) is 2. The maximum absolute atomic E-state index is 13.3. The first-order chi connectivity index (χ1) is 7.41. The minimum atomic E-state index is -0.889. The van der Waals surface area contributed by atoms with Gasteiger partial charge in [0.1, 0.15) is 17.4 Å². The largest absolute Gasteiger partial charge is 0.300 e. The molecule has 0 aliphatic carbocycles. The number of Topliss-reactive ketones (excluding diaryl/α,β-unsaturated/α-hetero) is 2. The highest BCUT2D eigenvalue weighted by molar-refractivity contribution is 5.99. The van der Waals surface area contributed by atoms with Crippen molar-refractivity contribution >= 4 is 11.6 Å². The molecule has 4 heteroatoms. The first-order valence-corrected chi connectivity index (χ1v) is 4.90. The van der Waals surface area contributed by atoms with Crippen LogP contribution in [0.1, 0.15) is 30.6 Å². The average Bonchev–Trinajstić information content (AvgIpc) is 2.15. The Labute approximate surface area is 92.3 Å². The summed E-state index contributed by atoms with van der Waals surface area (Å²) in [4.78, 5) is 22.5. The van der Waals surface area contributed by atoms with E-state index in [-0.39, 0.29) is 17.8 Å². The summed E-state index contributed by atoms with van der Waals surface area (Å²) in [6, 6.07) is 2.79. The quantitative estimate of drug-likeness (QED) is 0.740. The lowest BCUT2D eigenvalue weighted by Crippen LogP contribution is -2.15. The molecule has 0 bridgehead atoms. The molecule has 0 fully saturated rings. The van der Waals surface area contributed by atoms with E-state index in [4.69, 9.17) is 0 Å². The fraction of sp³-hybridized carbons (Fsp3) is 0.333. The molecule has 0 aromatic heterocycles. The van der Waals surface area contributed by atoms with Gasteiger partial charge in [0.25, 0.3) is 0 Å². The second-order valence-corrected chi connectivity index (χ2v) is 3.80. The molecule has 1 aromatic carbocycles. The molecule has 0 aliphatic rings. The zero-order valence-corrected chi connectivity index (χ0v) is 9.09. The van der Waals surface area contributed by atoms with E-state index in [1.165, 1.54) is 6.92 Å². The van der Waals surface area contributed by atoms with Gasteiger partial charge in [-0.3, -0.25) is 4.79 Å². The fourth-order valence-corrected chi connectivity index (χ4v) is 1.48. The molecule has 0 spiro atoms. The lowest BCUT2D eigenvalue weighted by atomic mass is 9.94. The highest BCUT2D eigenvalue weighted by Crippen LogP contribution is 2.16. The van der Waals surface area contributed by atoms with Crippen LogP contribution in [0.5, 0.6) is 0 Å². The number of rotatable bonds is 4. The standard InChI is InChI=1S/C12H12F2O2/c1-7(5-8(2)15)12(16)10-4-3-9(13)6-11(10)14/h3-4,6-7H,5H2,1-2H3. The molecular weight excluding hydrogens is 214 g/mol. The van der Waals surface area contributed by atoms with Gasteiger partial charge in [-0.1, -0.05) is 6.92 Å². The molecule has 2 nitrogen and oxygen atoms in total. The van der Waals surface area contributed by atoms with Crippen molar-refractivity contribution in [2.75, 3.05) is 0 Å². The van der Waals surface area contributed by atoms with E-state index in [1.54, 1.807) is 6.92 Å². The molecule has 1 rings (SSSR count). The van der Waals surface area contributed by atoms with Crippen molar-refractivity contribution in [1.82, 2.24) is 0 Å². The van der Waals surface area contributed by atoms with E-state index in [0.29, 0.717) is 6.07 Å². The molecule has 1 unspecified atom stereocenters. The zero-order valence-electron chi connectivity index (χ0n) is 9.09. The third kappa shape index (κ3) is 2.95. The van der Waals surface area contributed by atoms with E-state index in [2.05, 4.69) is 0 Å². The molecule has 0 saturated heterocycles. The highest BCUT2D eigenvalue weighted by Gasteiger charge is 2.20. The van der Waals surface area contributed by atoms with Gasteiger partial charge in [0.05, 0.1) is 5.56 Å². The Balaban J connectivity index is 2.92. The molecule has 1 aromatic rings. The predicted molar refractivity (Wildman–Crippen MR) is 55.2 cm³/mol. The molecule has 0 N–H and O–H groups in total. The van der Waals surface area contributed by atoms with Gasteiger partial charge in [0.15, 0.2) is 5.78 Å². The van der Waals surface area contributed by atoms with Crippen LogP contribution in [-0.2, 0) is 4.79 Å². The molecule has 0 heterocycles. The van der Waals surface area contributed by atoms with Crippen molar-refractivity contribution in [2.45, 2.75) is 20.3 Å². The summed E-state index contributed by atoms with van der Waals surface area (Å²) in [5, 5.41) is 0. The average molecular weight is 226 g/mol. The van der Waals surface area contributed by atoms with Gasteiger partial charge in [-0.2, -0.15) is 0 Å². The minimum absolute atomic E-state index is 0.0651. The Hall–Kier alpha value is -1.58. The topological polar surface area (TPSA) is 34.1 Å². The molecule has 0 amide bonds. The number of ketones is 2. The van der Waals surface area contributed by atoms with E-state index in [0.717, 1.165) is 12.1 Å². The first-order valence-electron chi connectivity index (χ1n) is 4.90. The van der Waals surface area contributed by atoms with Crippen molar-refractivity contribution in [3.05, 3.63) is 35.4 Å². The fourth-order valence-electron chi connectivity index (χ4n) is 1.48. The van der Waals surface area contributed by atoms with Gasteiger partial charge >= 0.3 is 0 Å². The van der Waals surface area contributed by atoms with Crippen LogP contribution in [0.4, 0.5) is 8.78 Å². The normalized spacial score (nSPS) is 12.2. The highest BCUT2D eigenvalue weighted by atomic mass is 19.1. The summed E-state index contributed by atoms with van der Waals surface area (Å²) in [7, 11) is 0. The van der Waals surface area contributed by atoms with Crippen LogP contribution in [0.15, 0.2) is 18.2 Å². The third-order valence-corrected chi connectivity index (χ3v) is 2.24. The van der Waals surface area contributed by atoms with Gasteiger partial charge in [0, 0.05) is 18.4 Å². The van der Waals surface area contributed by atoms with Crippen LogP contribution in [-0.4, -0.2) is 11.6 Å². The summed E-state index contributed by atoms with van der Waals surface area (Å²) in [6.07, 6.45) is 0.0651. The van der Waals surface area contributed by atoms with Crippen LogP contribution >= 0.6 is 0 Å². The van der Waals surface area contributed by atoms with Crippen LogP contribution in [0.2, 0.25) is 0 Å². The van der Waals surface area contributed by atoms with E-state index in [1.807, 2.05) is 0 Å². The van der Waals surface area contributed by atoms with Crippen molar-refractivity contribution in [1.29, 1.82) is 0 Å². The number of carbonyl (C=O) groups excluding carboxylic acids is 2. The van der Waals surface area contributed by atoms with Crippen LogP contribution in [0.25, 0.3) is 0 Å². The predicted octanol–water partition coefficient (Wildman–Crippen LogP) is 2.76. The van der Waals surface area contributed by atoms with E-state index < -0.39 is 23.3 Å². The SMILES string of the molecule is CC(=O)CC(C)C(=O)c1ccc(F)cc1F. The summed E-state index contributed by atoms with van der Waals surface area (Å²) >= 11 is 0. The number of benzene rings is 1. The Morgan fingerprint density at radius 1 is 1.31 bits per heavy atom. The van der Waals surface area contributed by atoms with Crippen molar-refractivity contribution in [2.24, 2.45) is 5.92 Å². The second-order valence-electron chi connectivity index (χ2n) is 3.80. The Bertz CT molecular complexity index is 427. The lowest BCUT2D eigenvalue weighted by Gasteiger charge is -2.08. The van der Waals surface area contributed by atoms with Crippen LogP contribution in [0, 0.1) is 17.6 Å². The molecule has 0 saturated carbocycles. The maximum atomic E-state index is 13.3. The van der Waals surface area contributed by atoms with Gasteiger partial charge in [-0.05, 0) is 19.1 Å². The van der Waals surface area contributed by atoms with Crippen molar-refractivity contribution in [3.8, 4) is 0 Å². The lowest BCUT2D eigenvalue weighted by molar-refractivity contribution is -0.117. The Morgan fingerprint density at radius 3 is 2.44 bits per heavy atom. The van der Waals surface area contributed by atoms with Crippen molar-refractivity contribution < 1.29 is 18.4 Å². The smallest absolute Gasteiger partial charge is 0.169 e. The number of hydrogen-bond donors (Lipinski definition) is 0. The Morgan fingerprint density at radius 2 is 1.94 bits per heavy atom. The van der Waals surface area contributed by atoms with Gasteiger partial charge in [-0.25, -0.2) is 8.78 Å². The van der Waals surface area contributed by atoms with Gasteiger partial charge in [0.2, 0.25) is 0 Å². The number of carbonyl (C=O) groups is 2. The summed E-state index contributed by atoms with van der Waals surface area (Å²) < 4.78 is 25.9. The molecule has 16 heavy (non-hydrogen) atoms. The molecule has 1 atom stereocenters. The Kier molecular flexibility index (Phi) is 3.88. The summed E-state index contributed by atoms with van der Waals surface area (Å²) in [6.45, 7) is 2.91. The van der Waals surface area contributed by atoms with Gasteiger partial charge < -0.3 is 4.79 Å². The maximum Gasteiger partial charge on any atom is 0.169 e. The molecule has 0 radical (unpaired) electrons. The second kappa shape index (κ2) is 4.96.